The van der Waals surface area contributed by atoms with E-state index in [0.29, 0.717) is 0 Å². The smallest absolute Gasteiger partial charge is 0.224 e. The van der Waals surface area contributed by atoms with Gasteiger partial charge in [0.15, 0.2) is 5.13 Å². The van der Waals surface area contributed by atoms with E-state index in [1.54, 1.807) is 17.5 Å². The van der Waals surface area contributed by atoms with E-state index < -0.39 is 0 Å². The van der Waals surface area contributed by atoms with Crippen molar-refractivity contribution in [2.45, 2.75) is 33.1 Å². The highest BCUT2D eigenvalue weighted by molar-refractivity contribution is 7.21. The maximum absolute atomic E-state index is 12.6. The summed E-state index contributed by atoms with van der Waals surface area (Å²) in [4.78, 5) is 27.2. The van der Waals surface area contributed by atoms with Crippen molar-refractivity contribution >= 4 is 32.7 Å². The number of pyridine rings is 1. The van der Waals surface area contributed by atoms with Crippen LogP contribution in [0.25, 0.3) is 10.3 Å². The van der Waals surface area contributed by atoms with Crippen LogP contribution in [0, 0.1) is 5.92 Å². The highest BCUT2D eigenvalue weighted by atomic mass is 32.1. The van der Waals surface area contributed by atoms with Crippen LogP contribution >= 0.6 is 11.3 Å². The van der Waals surface area contributed by atoms with Crippen LogP contribution in [0.3, 0.4) is 0 Å². The van der Waals surface area contributed by atoms with E-state index in [9.17, 15) is 4.79 Å². The SMILES string of the molecule is CCN(CC)CCCNC(=O)[C@H]1CCCN(c2nc3cccnc3s2)C1. The number of nitrogens with one attached hydrogen (secondary N) is 1. The van der Waals surface area contributed by atoms with Crippen molar-refractivity contribution in [2.75, 3.05) is 44.2 Å². The molecule has 6 nitrogen and oxygen atoms in total. The second-order valence-corrected chi connectivity index (χ2v) is 7.74. The lowest BCUT2D eigenvalue weighted by molar-refractivity contribution is -0.125. The van der Waals surface area contributed by atoms with E-state index in [4.69, 9.17) is 0 Å². The fourth-order valence-electron chi connectivity index (χ4n) is 3.46. The van der Waals surface area contributed by atoms with Gasteiger partial charge in [-0.2, -0.15) is 0 Å². The summed E-state index contributed by atoms with van der Waals surface area (Å²) in [6, 6.07) is 3.91. The molecule has 3 rings (SSSR count). The van der Waals surface area contributed by atoms with Gasteiger partial charge < -0.3 is 15.1 Å². The summed E-state index contributed by atoms with van der Waals surface area (Å²) in [5.74, 6) is 0.241. The maximum atomic E-state index is 12.6. The van der Waals surface area contributed by atoms with Gasteiger partial charge in [-0.3, -0.25) is 4.79 Å². The number of thiazole rings is 1. The summed E-state index contributed by atoms with van der Waals surface area (Å²) >= 11 is 1.61. The summed E-state index contributed by atoms with van der Waals surface area (Å²) in [5.41, 5.74) is 0.940. The highest BCUT2D eigenvalue weighted by Gasteiger charge is 2.27. The first kappa shape index (κ1) is 19.0. The molecule has 0 aromatic carbocycles. The molecule has 3 heterocycles. The van der Waals surface area contributed by atoms with Crippen molar-refractivity contribution in [1.29, 1.82) is 0 Å². The maximum Gasteiger partial charge on any atom is 0.224 e. The van der Waals surface area contributed by atoms with Crippen LogP contribution in [0.5, 0.6) is 0 Å². The zero-order chi connectivity index (χ0) is 18.4. The summed E-state index contributed by atoms with van der Waals surface area (Å²) < 4.78 is 0. The number of carbonyl (C=O) groups is 1. The van der Waals surface area contributed by atoms with Gasteiger partial charge in [-0.25, -0.2) is 9.97 Å². The molecule has 1 amide bonds. The van der Waals surface area contributed by atoms with Gasteiger partial charge in [-0.15, -0.1) is 0 Å². The number of carbonyl (C=O) groups excluding carboxylic acids is 1. The number of anilines is 1. The van der Waals surface area contributed by atoms with Crippen LogP contribution in [-0.2, 0) is 4.79 Å². The van der Waals surface area contributed by atoms with E-state index >= 15 is 0 Å². The lowest BCUT2D eigenvalue weighted by atomic mass is 9.97. The number of fused-ring (bicyclic) bond motifs is 1. The summed E-state index contributed by atoms with van der Waals surface area (Å²) in [7, 11) is 0. The molecule has 0 radical (unpaired) electrons. The molecule has 1 N–H and O–H groups in total. The minimum atomic E-state index is 0.0529. The van der Waals surface area contributed by atoms with Gasteiger partial charge in [0.05, 0.1) is 5.92 Å². The number of aromatic nitrogens is 2. The largest absolute Gasteiger partial charge is 0.356 e. The Kier molecular flexibility index (Phi) is 6.80. The van der Waals surface area contributed by atoms with E-state index in [-0.39, 0.29) is 11.8 Å². The van der Waals surface area contributed by atoms with Crippen LogP contribution in [0.1, 0.15) is 33.1 Å². The molecule has 1 saturated heterocycles. The number of hydrogen-bond donors (Lipinski definition) is 1. The van der Waals surface area contributed by atoms with Gasteiger partial charge in [0.2, 0.25) is 5.91 Å². The molecule has 7 heteroatoms. The standard InChI is InChI=1S/C19H29N5OS/c1-3-23(4-2)12-7-11-20-17(25)15-8-6-13-24(14-15)19-22-16-9-5-10-21-18(16)26-19/h5,9-10,15H,3-4,6-8,11-14H2,1-2H3,(H,20,25)/t15-/m0/s1. The molecule has 1 aliphatic heterocycles. The Hall–Kier alpha value is -1.73. The molecule has 2 aromatic heterocycles. The van der Waals surface area contributed by atoms with E-state index in [0.717, 1.165) is 74.0 Å². The molecule has 1 aliphatic rings. The van der Waals surface area contributed by atoms with Crippen molar-refractivity contribution in [2.24, 2.45) is 5.92 Å². The molecule has 26 heavy (non-hydrogen) atoms. The summed E-state index contributed by atoms with van der Waals surface area (Å²) in [6.45, 7) is 10.0. The van der Waals surface area contributed by atoms with E-state index in [1.165, 1.54) is 0 Å². The molecule has 142 valence electrons. The second kappa shape index (κ2) is 9.28. The van der Waals surface area contributed by atoms with Crippen LogP contribution in [0.15, 0.2) is 18.3 Å². The monoisotopic (exact) mass is 375 g/mol. The number of amides is 1. The third kappa shape index (κ3) is 4.71. The molecule has 0 saturated carbocycles. The van der Waals surface area contributed by atoms with Crippen molar-refractivity contribution in [1.82, 2.24) is 20.2 Å². The number of rotatable bonds is 8. The van der Waals surface area contributed by atoms with E-state index in [1.807, 2.05) is 12.1 Å². The van der Waals surface area contributed by atoms with Gasteiger partial charge in [-0.05, 0) is 51.0 Å². The van der Waals surface area contributed by atoms with Crippen LogP contribution in [-0.4, -0.2) is 60.0 Å². The Morgan fingerprint density at radius 1 is 1.42 bits per heavy atom. The van der Waals surface area contributed by atoms with Gasteiger partial charge in [0.1, 0.15) is 10.3 Å². The average molecular weight is 376 g/mol. The van der Waals surface area contributed by atoms with Crippen molar-refractivity contribution < 1.29 is 4.79 Å². The van der Waals surface area contributed by atoms with Gasteiger partial charge in [-0.1, -0.05) is 25.2 Å². The van der Waals surface area contributed by atoms with Crippen LogP contribution < -0.4 is 10.2 Å². The fraction of sp³-hybridized carbons (Fsp3) is 0.632. The number of hydrogen-bond acceptors (Lipinski definition) is 6. The first-order valence-electron chi connectivity index (χ1n) is 9.67. The summed E-state index contributed by atoms with van der Waals surface area (Å²) in [5, 5.41) is 4.12. The first-order chi connectivity index (χ1) is 12.7. The van der Waals surface area contributed by atoms with Crippen molar-refractivity contribution in [3.05, 3.63) is 18.3 Å². The van der Waals surface area contributed by atoms with Crippen LogP contribution in [0.2, 0.25) is 0 Å². The molecule has 1 atom stereocenters. The second-order valence-electron chi connectivity index (χ2n) is 6.78. The Balaban J connectivity index is 1.50. The normalized spacial score (nSPS) is 17.8. The quantitative estimate of drug-likeness (QED) is 0.719. The molecule has 1 fully saturated rings. The Labute approximate surface area is 159 Å². The van der Waals surface area contributed by atoms with Gasteiger partial charge >= 0.3 is 0 Å². The predicted octanol–water partition coefficient (Wildman–Crippen LogP) is 2.76. The molecule has 0 aliphatic carbocycles. The molecule has 0 bridgehead atoms. The Bertz CT molecular complexity index is 682. The average Bonchev–Trinajstić information content (AvgIpc) is 3.12. The molecule has 0 spiro atoms. The lowest BCUT2D eigenvalue weighted by Crippen LogP contribution is -2.43. The van der Waals surface area contributed by atoms with Crippen molar-refractivity contribution in [3.63, 3.8) is 0 Å². The lowest BCUT2D eigenvalue weighted by Gasteiger charge is -2.31. The zero-order valence-electron chi connectivity index (χ0n) is 15.8. The predicted molar refractivity (Wildman–Crippen MR) is 108 cm³/mol. The highest BCUT2D eigenvalue weighted by Crippen LogP contribution is 2.30. The molecular formula is C19H29N5OS. The van der Waals surface area contributed by atoms with Gasteiger partial charge in [0.25, 0.3) is 0 Å². The Morgan fingerprint density at radius 2 is 2.27 bits per heavy atom. The minimum absolute atomic E-state index is 0.0529. The fourth-order valence-corrected chi connectivity index (χ4v) is 4.40. The topological polar surface area (TPSA) is 61.4 Å². The number of piperidine rings is 1. The number of nitrogens with zero attached hydrogens (tertiary/aromatic N) is 4. The van der Waals surface area contributed by atoms with Crippen molar-refractivity contribution in [3.8, 4) is 0 Å². The summed E-state index contributed by atoms with van der Waals surface area (Å²) in [6.07, 6.45) is 4.80. The Morgan fingerprint density at radius 3 is 3.04 bits per heavy atom. The minimum Gasteiger partial charge on any atom is -0.356 e. The van der Waals surface area contributed by atoms with Crippen LogP contribution in [0.4, 0.5) is 5.13 Å². The molecule has 2 aromatic rings. The third-order valence-electron chi connectivity index (χ3n) is 5.06. The molecular weight excluding hydrogens is 346 g/mol. The van der Waals surface area contributed by atoms with E-state index in [2.05, 4.69) is 38.9 Å². The third-order valence-corrected chi connectivity index (χ3v) is 6.10. The van der Waals surface area contributed by atoms with Gasteiger partial charge in [0, 0.05) is 25.8 Å². The molecule has 0 unspecified atom stereocenters. The first-order valence-corrected chi connectivity index (χ1v) is 10.5. The zero-order valence-corrected chi connectivity index (χ0v) is 16.6.